The second-order valence-corrected chi connectivity index (χ2v) is 3.85. The molecule has 8 heteroatoms. The Hall–Kier alpha value is -1.83. The summed E-state index contributed by atoms with van der Waals surface area (Å²) in [5, 5.41) is 7.34. The quantitative estimate of drug-likeness (QED) is 0.844. The first-order valence-electron chi connectivity index (χ1n) is 4.37. The van der Waals surface area contributed by atoms with E-state index in [9.17, 15) is 13.2 Å². The van der Waals surface area contributed by atoms with Crippen molar-refractivity contribution >= 4 is 17.0 Å². The molecule has 2 aromatic rings. The molecule has 0 saturated heterocycles. The van der Waals surface area contributed by atoms with Gasteiger partial charge in [-0.2, -0.15) is 13.2 Å². The number of hydrogen-bond donors (Lipinski definition) is 1. The molecule has 0 amide bonds. The van der Waals surface area contributed by atoms with Crippen LogP contribution >= 0.6 is 11.3 Å². The van der Waals surface area contributed by atoms with Crippen LogP contribution in [0, 0.1) is 0 Å². The molecule has 90 valence electrons. The van der Waals surface area contributed by atoms with Gasteiger partial charge < -0.3 is 10.5 Å². The Balaban J connectivity index is 2.26. The van der Waals surface area contributed by atoms with Crippen molar-refractivity contribution in [3.8, 4) is 10.9 Å². The maximum absolute atomic E-state index is 12.4. The topological polar surface area (TPSA) is 61.0 Å². The van der Waals surface area contributed by atoms with Crippen molar-refractivity contribution in [1.29, 1.82) is 0 Å². The van der Waals surface area contributed by atoms with E-state index in [1.165, 1.54) is 5.51 Å². The van der Waals surface area contributed by atoms with E-state index in [1.807, 2.05) is 0 Å². The van der Waals surface area contributed by atoms with E-state index < -0.39 is 11.7 Å². The number of alkyl halides is 3. The number of nitrogen functional groups attached to an aromatic ring is 1. The fourth-order valence-electron chi connectivity index (χ4n) is 1.12. The summed E-state index contributed by atoms with van der Waals surface area (Å²) in [6.45, 7) is 0. The smallest absolute Gasteiger partial charge is 0.416 e. The summed E-state index contributed by atoms with van der Waals surface area (Å²) in [5.41, 5.74) is 5.98. The highest BCUT2D eigenvalue weighted by Gasteiger charge is 2.31. The van der Waals surface area contributed by atoms with E-state index in [2.05, 4.69) is 10.2 Å². The SMILES string of the molecule is Nc1cc(C(F)(F)F)ccc1Oc1nncs1. The minimum absolute atomic E-state index is 0.102. The molecule has 0 unspecified atom stereocenters. The second kappa shape index (κ2) is 4.21. The third-order valence-electron chi connectivity index (χ3n) is 1.87. The third kappa shape index (κ3) is 2.64. The predicted octanol–water partition coefficient (Wildman–Crippen LogP) is 2.93. The number of halogens is 3. The molecule has 1 heterocycles. The lowest BCUT2D eigenvalue weighted by Gasteiger charge is -2.10. The second-order valence-electron chi connectivity index (χ2n) is 3.06. The molecule has 0 spiro atoms. The van der Waals surface area contributed by atoms with Gasteiger partial charge in [0.05, 0.1) is 11.3 Å². The monoisotopic (exact) mass is 261 g/mol. The fourth-order valence-corrected chi connectivity index (χ4v) is 1.54. The molecule has 0 aliphatic carbocycles. The highest BCUT2D eigenvalue weighted by atomic mass is 32.1. The van der Waals surface area contributed by atoms with Crippen molar-refractivity contribution in [2.24, 2.45) is 0 Å². The molecule has 0 aliphatic heterocycles. The van der Waals surface area contributed by atoms with E-state index in [-0.39, 0.29) is 16.6 Å². The van der Waals surface area contributed by atoms with Gasteiger partial charge in [-0.1, -0.05) is 16.4 Å². The molecule has 2 rings (SSSR count). The minimum atomic E-state index is -4.42. The van der Waals surface area contributed by atoms with Crippen LogP contribution in [0.1, 0.15) is 5.56 Å². The Bertz CT molecular complexity index is 513. The first-order valence-corrected chi connectivity index (χ1v) is 5.25. The lowest BCUT2D eigenvalue weighted by molar-refractivity contribution is -0.137. The zero-order valence-electron chi connectivity index (χ0n) is 8.23. The van der Waals surface area contributed by atoms with Gasteiger partial charge >= 0.3 is 6.18 Å². The molecule has 0 fully saturated rings. The molecule has 0 aliphatic rings. The van der Waals surface area contributed by atoms with Crippen LogP contribution in [0.5, 0.6) is 10.9 Å². The molecule has 1 aromatic carbocycles. The minimum Gasteiger partial charge on any atom is -0.428 e. The maximum Gasteiger partial charge on any atom is 0.416 e. The van der Waals surface area contributed by atoms with Crippen LogP contribution in [0.3, 0.4) is 0 Å². The lowest BCUT2D eigenvalue weighted by Crippen LogP contribution is -2.05. The van der Waals surface area contributed by atoms with Crippen molar-refractivity contribution in [2.45, 2.75) is 6.18 Å². The van der Waals surface area contributed by atoms with Gasteiger partial charge in [-0.15, -0.1) is 5.10 Å². The van der Waals surface area contributed by atoms with Crippen molar-refractivity contribution in [1.82, 2.24) is 10.2 Å². The molecule has 0 atom stereocenters. The Kier molecular flexibility index (Phi) is 2.88. The molecule has 0 saturated carbocycles. The van der Waals surface area contributed by atoms with Gasteiger partial charge in [0.1, 0.15) is 5.51 Å². The Labute approximate surface area is 97.9 Å². The summed E-state index contributed by atoms with van der Waals surface area (Å²) in [7, 11) is 0. The van der Waals surface area contributed by atoms with Gasteiger partial charge in [0.25, 0.3) is 5.19 Å². The van der Waals surface area contributed by atoms with E-state index in [4.69, 9.17) is 10.5 Å². The highest BCUT2D eigenvalue weighted by molar-refractivity contribution is 7.11. The molecule has 17 heavy (non-hydrogen) atoms. The molecule has 0 bridgehead atoms. The first-order chi connectivity index (χ1) is 7.97. The third-order valence-corrected chi connectivity index (χ3v) is 2.44. The van der Waals surface area contributed by atoms with E-state index >= 15 is 0 Å². The summed E-state index contributed by atoms with van der Waals surface area (Å²) in [6, 6.07) is 2.86. The number of rotatable bonds is 2. The molecule has 2 N–H and O–H groups in total. The summed E-state index contributed by atoms with van der Waals surface area (Å²) < 4.78 is 42.3. The van der Waals surface area contributed by atoms with Crippen molar-refractivity contribution in [3.63, 3.8) is 0 Å². The number of benzene rings is 1. The highest BCUT2D eigenvalue weighted by Crippen LogP contribution is 2.35. The lowest BCUT2D eigenvalue weighted by atomic mass is 10.2. The van der Waals surface area contributed by atoms with Gasteiger partial charge in [0, 0.05) is 0 Å². The molecule has 0 radical (unpaired) electrons. The molecular formula is C9H6F3N3OS. The fraction of sp³-hybridized carbons (Fsp3) is 0.111. The summed E-state index contributed by atoms with van der Waals surface area (Å²) in [4.78, 5) is 0. The van der Waals surface area contributed by atoms with Crippen LogP contribution in [0.25, 0.3) is 0 Å². The number of anilines is 1. The normalized spacial score (nSPS) is 11.5. The largest absolute Gasteiger partial charge is 0.428 e. The van der Waals surface area contributed by atoms with Crippen molar-refractivity contribution < 1.29 is 17.9 Å². The molecule has 1 aromatic heterocycles. The van der Waals surface area contributed by atoms with Crippen LogP contribution < -0.4 is 10.5 Å². The Morgan fingerprint density at radius 2 is 2.06 bits per heavy atom. The first kappa shape index (κ1) is 11.6. The van der Waals surface area contributed by atoms with Crippen LogP contribution in [0.15, 0.2) is 23.7 Å². The zero-order chi connectivity index (χ0) is 12.5. The van der Waals surface area contributed by atoms with Gasteiger partial charge in [-0.3, -0.25) is 0 Å². The number of aromatic nitrogens is 2. The number of ether oxygens (including phenoxy) is 1. The van der Waals surface area contributed by atoms with E-state index in [0.29, 0.717) is 0 Å². The number of hydrogen-bond acceptors (Lipinski definition) is 5. The summed E-state index contributed by atoms with van der Waals surface area (Å²) in [6.07, 6.45) is -4.42. The van der Waals surface area contributed by atoms with Crippen LogP contribution in [-0.2, 0) is 6.18 Å². The predicted molar refractivity (Wildman–Crippen MR) is 55.8 cm³/mol. The Morgan fingerprint density at radius 1 is 1.29 bits per heavy atom. The molecular weight excluding hydrogens is 255 g/mol. The van der Waals surface area contributed by atoms with Gasteiger partial charge in [-0.05, 0) is 18.2 Å². The number of nitrogens with two attached hydrogens (primary N) is 1. The van der Waals surface area contributed by atoms with Gasteiger partial charge in [-0.25, -0.2) is 0 Å². The van der Waals surface area contributed by atoms with E-state index in [1.54, 1.807) is 0 Å². The average Bonchev–Trinajstić information content (AvgIpc) is 2.72. The van der Waals surface area contributed by atoms with Crippen LogP contribution in [0.4, 0.5) is 18.9 Å². The van der Waals surface area contributed by atoms with Gasteiger partial charge in [0.2, 0.25) is 0 Å². The molecule has 4 nitrogen and oxygen atoms in total. The van der Waals surface area contributed by atoms with E-state index in [0.717, 1.165) is 29.5 Å². The van der Waals surface area contributed by atoms with Crippen LogP contribution in [0.2, 0.25) is 0 Å². The van der Waals surface area contributed by atoms with Crippen molar-refractivity contribution in [2.75, 3.05) is 5.73 Å². The summed E-state index contributed by atoms with van der Waals surface area (Å²) >= 11 is 1.11. The zero-order valence-corrected chi connectivity index (χ0v) is 9.05. The van der Waals surface area contributed by atoms with Crippen LogP contribution in [-0.4, -0.2) is 10.2 Å². The van der Waals surface area contributed by atoms with Gasteiger partial charge in [0.15, 0.2) is 5.75 Å². The summed E-state index contributed by atoms with van der Waals surface area (Å²) in [5.74, 6) is 0.120. The number of nitrogens with zero attached hydrogens (tertiary/aromatic N) is 2. The maximum atomic E-state index is 12.4. The van der Waals surface area contributed by atoms with Crippen molar-refractivity contribution in [3.05, 3.63) is 29.3 Å². The standard InChI is InChI=1S/C9H6F3N3OS/c10-9(11,12)5-1-2-7(6(13)3-5)16-8-15-14-4-17-8/h1-4H,13H2. The Morgan fingerprint density at radius 3 is 2.59 bits per heavy atom. The average molecular weight is 261 g/mol.